The van der Waals surface area contributed by atoms with Crippen molar-refractivity contribution < 1.29 is 28.8 Å². The molecule has 2 aliphatic heterocycles. The maximum absolute atomic E-state index is 12.1. The monoisotopic (exact) mass is 458 g/mol. The van der Waals surface area contributed by atoms with Crippen LogP contribution in [0.15, 0.2) is 60.7 Å². The van der Waals surface area contributed by atoms with Gasteiger partial charge in [-0.05, 0) is 43.2 Å². The van der Waals surface area contributed by atoms with Crippen molar-refractivity contribution in [3.8, 4) is 0 Å². The van der Waals surface area contributed by atoms with Gasteiger partial charge in [0.25, 0.3) is 23.6 Å². The molecule has 2 aromatic rings. The van der Waals surface area contributed by atoms with Gasteiger partial charge in [0.1, 0.15) is 5.78 Å². The normalized spacial score (nSPS) is 19.9. The van der Waals surface area contributed by atoms with E-state index in [1.165, 1.54) is 4.90 Å². The Morgan fingerprint density at radius 3 is 1.62 bits per heavy atom. The summed E-state index contributed by atoms with van der Waals surface area (Å²) in [6.45, 7) is 0. The van der Waals surface area contributed by atoms with Gasteiger partial charge in [-0.15, -0.1) is 0 Å². The Bertz CT molecular complexity index is 1180. The molecule has 0 spiro atoms. The van der Waals surface area contributed by atoms with Crippen molar-refractivity contribution in [1.29, 1.82) is 0 Å². The molecule has 8 heteroatoms. The quantitative estimate of drug-likeness (QED) is 0.657. The van der Waals surface area contributed by atoms with E-state index in [-0.39, 0.29) is 41.2 Å². The van der Waals surface area contributed by atoms with E-state index >= 15 is 0 Å². The summed E-state index contributed by atoms with van der Waals surface area (Å²) in [5.74, 6) is -0.714. The Balaban J connectivity index is 0.000000137. The van der Waals surface area contributed by atoms with Gasteiger partial charge in [0.2, 0.25) is 0 Å². The summed E-state index contributed by atoms with van der Waals surface area (Å²) in [6, 6.07) is 13.3. The molecule has 1 atom stereocenters. The number of amides is 4. The number of nitrogens with zero attached hydrogens (tertiary/aromatic N) is 1. The second-order valence-corrected chi connectivity index (χ2v) is 8.20. The van der Waals surface area contributed by atoms with E-state index in [2.05, 4.69) is 5.32 Å². The Labute approximate surface area is 195 Å². The van der Waals surface area contributed by atoms with E-state index in [1.807, 2.05) is 6.08 Å². The van der Waals surface area contributed by atoms with Crippen LogP contribution in [-0.2, 0) is 9.59 Å². The zero-order valence-electron chi connectivity index (χ0n) is 18.3. The first-order valence-corrected chi connectivity index (χ1v) is 11.0. The fraction of sp³-hybridized carbons (Fsp3) is 0.231. The third-order valence-corrected chi connectivity index (χ3v) is 5.91. The summed E-state index contributed by atoms with van der Waals surface area (Å²) in [5.41, 5.74) is 1.85. The van der Waals surface area contributed by atoms with Crippen LogP contribution in [-0.4, -0.2) is 46.1 Å². The van der Waals surface area contributed by atoms with E-state index in [9.17, 15) is 28.8 Å². The van der Waals surface area contributed by atoms with Gasteiger partial charge in [-0.2, -0.15) is 0 Å². The van der Waals surface area contributed by atoms with Gasteiger partial charge in [0.05, 0.1) is 22.3 Å². The fourth-order valence-electron chi connectivity index (χ4n) is 4.20. The van der Waals surface area contributed by atoms with E-state index < -0.39 is 0 Å². The molecule has 4 aliphatic rings. The van der Waals surface area contributed by atoms with Crippen LogP contribution in [0.4, 0.5) is 0 Å². The Morgan fingerprint density at radius 2 is 1.24 bits per heavy atom. The molecular weight excluding hydrogens is 436 g/mol. The number of Topliss-reactive ketones (excluding diaryl/α,β-unsaturated/α-hetero) is 1. The molecule has 1 N–H and O–H groups in total. The van der Waals surface area contributed by atoms with Crippen LogP contribution in [0.3, 0.4) is 0 Å². The molecule has 2 aromatic carbocycles. The zero-order chi connectivity index (χ0) is 24.2. The lowest BCUT2D eigenvalue weighted by Gasteiger charge is -2.20. The molecule has 6 rings (SSSR count). The molecule has 8 nitrogen and oxygen atoms in total. The van der Waals surface area contributed by atoms with Gasteiger partial charge in [-0.1, -0.05) is 30.3 Å². The molecular formula is C26H22N2O6. The number of hydrogen-bond acceptors (Lipinski definition) is 6. The predicted octanol–water partition coefficient (Wildman–Crippen LogP) is 2.88. The highest BCUT2D eigenvalue weighted by Crippen LogP contribution is 2.30. The van der Waals surface area contributed by atoms with Crippen LogP contribution < -0.4 is 5.32 Å². The van der Waals surface area contributed by atoms with E-state index in [0.717, 1.165) is 12.8 Å². The van der Waals surface area contributed by atoms with E-state index in [4.69, 9.17) is 0 Å². The predicted molar refractivity (Wildman–Crippen MR) is 121 cm³/mol. The lowest BCUT2D eigenvalue weighted by molar-refractivity contribution is -0.117. The van der Waals surface area contributed by atoms with Crippen molar-refractivity contribution in [1.82, 2.24) is 10.2 Å². The molecule has 2 aliphatic carbocycles. The first kappa shape index (κ1) is 23.0. The highest BCUT2D eigenvalue weighted by atomic mass is 16.2. The number of carbonyl (C=O) groups excluding carboxylic acids is 6. The third kappa shape index (κ3) is 4.61. The number of carbonyl (C=O) groups is 6. The van der Waals surface area contributed by atoms with Crippen molar-refractivity contribution in [2.24, 2.45) is 0 Å². The second kappa shape index (κ2) is 9.74. The standard InChI is InChI=1S/C13H11NO3.C8H5NO2.C5H6O/c15-9-6-5-8(7-9)14-12(16)10-3-1-2-4-11(10)13(14)17;10-7-5-3-1-2-4-6(5)8(11)9-7;6-5-3-1-2-4-5/h1-4,8H,5-7H2;1-4H,(H,9,10,11);1,3H,2,4H2. The van der Waals surface area contributed by atoms with Gasteiger partial charge in [-0.25, -0.2) is 0 Å². The molecule has 1 fully saturated rings. The molecule has 0 saturated heterocycles. The molecule has 1 unspecified atom stereocenters. The number of fused-ring (bicyclic) bond motifs is 2. The molecule has 4 amide bonds. The number of ketones is 2. The minimum atomic E-state index is -0.300. The van der Waals surface area contributed by atoms with Crippen LogP contribution in [0, 0.1) is 0 Å². The van der Waals surface area contributed by atoms with E-state index in [1.54, 1.807) is 54.6 Å². The lowest BCUT2D eigenvalue weighted by atomic mass is 10.1. The average Bonchev–Trinajstić information content (AvgIpc) is 3.60. The Kier molecular flexibility index (Phi) is 6.58. The summed E-state index contributed by atoms with van der Waals surface area (Å²) in [6.07, 6.45) is 6.62. The second-order valence-electron chi connectivity index (χ2n) is 8.20. The van der Waals surface area contributed by atoms with E-state index in [0.29, 0.717) is 41.5 Å². The molecule has 0 bridgehead atoms. The summed E-state index contributed by atoms with van der Waals surface area (Å²) in [4.78, 5) is 68.7. The zero-order valence-corrected chi connectivity index (χ0v) is 18.3. The summed E-state index contributed by atoms with van der Waals surface area (Å²) < 4.78 is 0. The third-order valence-electron chi connectivity index (χ3n) is 5.91. The number of hydrogen-bond donors (Lipinski definition) is 1. The van der Waals surface area contributed by atoms with Gasteiger partial charge in [0, 0.05) is 25.3 Å². The first-order chi connectivity index (χ1) is 16.4. The van der Waals surface area contributed by atoms with Crippen LogP contribution in [0.1, 0.15) is 73.5 Å². The Morgan fingerprint density at radius 1 is 0.706 bits per heavy atom. The van der Waals surface area contributed by atoms with Gasteiger partial charge in [0.15, 0.2) is 5.78 Å². The molecule has 0 aromatic heterocycles. The van der Waals surface area contributed by atoms with Gasteiger partial charge < -0.3 is 0 Å². The van der Waals surface area contributed by atoms with Crippen molar-refractivity contribution in [3.63, 3.8) is 0 Å². The van der Waals surface area contributed by atoms with Crippen LogP contribution in [0.2, 0.25) is 0 Å². The first-order valence-electron chi connectivity index (χ1n) is 11.0. The largest absolute Gasteiger partial charge is 0.300 e. The van der Waals surface area contributed by atoms with Crippen LogP contribution in [0.25, 0.3) is 0 Å². The summed E-state index contributed by atoms with van der Waals surface area (Å²) in [7, 11) is 0. The summed E-state index contributed by atoms with van der Waals surface area (Å²) in [5, 5.41) is 2.20. The van der Waals surface area contributed by atoms with Gasteiger partial charge >= 0.3 is 0 Å². The molecule has 1 saturated carbocycles. The number of nitrogens with one attached hydrogen (secondary N) is 1. The maximum Gasteiger partial charge on any atom is 0.261 e. The fourth-order valence-corrected chi connectivity index (χ4v) is 4.20. The smallest absolute Gasteiger partial charge is 0.261 e. The minimum absolute atomic E-state index is 0.131. The van der Waals surface area contributed by atoms with Gasteiger partial charge in [-0.3, -0.25) is 39.0 Å². The summed E-state index contributed by atoms with van der Waals surface area (Å²) >= 11 is 0. The number of allylic oxidation sites excluding steroid dienone is 2. The topological polar surface area (TPSA) is 118 Å². The number of imide groups is 2. The van der Waals surface area contributed by atoms with Crippen molar-refractivity contribution in [3.05, 3.63) is 82.9 Å². The van der Waals surface area contributed by atoms with Crippen LogP contribution >= 0.6 is 0 Å². The minimum Gasteiger partial charge on any atom is -0.300 e. The highest BCUT2D eigenvalue weighted by Gasteiger charge is 2.42. The number of benzene rings is 2. The SMILES string of the molecule is O=C1C=CCC1.O=C1CCC(N2C(=O)c3ccccc3C2=O)C1.O=C1NC(=O)c2ccccc21. The molecule has 172 valence electrons. The molecule has 34 heavy (non-hydrogen) atoms. The van der Waals surface area contributed by atoms with Crippen molar-refractivity contribution >= 4 is 35.2 Å². The maximum atomic E-state index is 12.1. The van der Waals surface area contributed by atoms with Crippen molar-refractivity contribution in [2.45, 2.75) is 38.1 Å². The molecule has 0 radical (unpaired) electrons. The molecule has 2 heterocycles. The van der Waals surface area contributed by atoms with Crippen molar-refractivity contribution in [2.75, 3.05) is 0 Å². The number of rotatable bonds is 1. The Hall–Kier alpha value is -4.20. The average molecular weight is 458 g/mol. The highest BCUT2D eigenvalue weighted by molar-refractivity contribution is 6.22. The lowest BCUT2D eigenvalue weighted by Crippen LogP contribution is -2.38. The van der Waals surface area contributed by atoms with Crippen LogP contribution in [0.5, 0.6) is 0 Å².